The molecule has 6 heteroatoms. The van der Waals surface area contributed by atoms with Crippen LogP contribution in [0.5, 0.6) is 0 Å². The van der Waals surface area contributed by atoms with Crippen molar-refractivity contribution in [3.8, 4) is 0 Å². The predicted molar refractivity (Wildman–Crippen MR) is 113 cm³/mol. The van der Waals surface area contributed by atoms with Crippen molar-refractivity contribution < 1.29 is 4.79 Å². The van der Waals surface area contributed by atoms with Crippen molar-refractivity contribution in [1.82, 2.24) is 10.3 Å². The van der Waals surface area contributed by atoms with E-state index < -0.39 is 0 Å². The van der Waals surface area contributed by atoms with E-state index in [0.717, 1.165) is 40.7 Å². The molecule has 1 amide bonds. The number of aromatic nitrogens is 1. The molecule has 26 heavy (non-hydrogen) atoms. The minimum Gasteiger partial charge on any atom is -0.370 e. The van der Waals surface area contributed by atoms with E-state index in [0.29, 0.717) is 12.5 Å². The summed E-state index contributed by atoms with van der Waals surface area (Å²) in [6, 6.07) is 8.55. The van der Waals surface area contributed by atoms with E-state index in [9.17, 15) is 4.79 Å². The van der Waals surface area contributed by atoms with Gasteiger partial charge in [0, 0.05) is 43.2 Å². The van der Waals surface area contributed by atoms with Crippen LogP contribution in [-0.2, 0) is 13.0 Å². The number of hydrogen-bond donors (Lipinski definition) is 1. The van der Waals surface area contributed by atoms with Crippen molar-refractivity contribution in [3.63, 3.8) is 0 Å². The summed E-state index contributed by atoms with van der Waals surface area (Å²) in [6.07, 6.45) is 0.926. The van der Waals surface area contributed by atoms with Gasteiger partial charge in [-0.2, -0.15) is 11.8 Å². The van der Waals surface area contributed by atoms with Crippen LogP contribution in [0.4, 0.5) is 5.69 Å². The number of aryl methyl sites for hydroxylation is 1. The lowest BCUT2D eigenvalue weighted by atomic mass is 10.1. The Labute approximate surface area is 164 Å². The summed E-state index contributed by atoms with van der Waals surface area (Å²) in [5.41, 5.74) is 3.23. The van der Waals surface area contributed by atoms with Crippen LogP contribution in [-0.4, -0.2) is 35.5 Å². The Hall–Kier alpha value is -1.53. The van der Waals surface area contributed by atoms with E-state index >= 15 is 0 Å². The lowest BCUT2D eigenvalue weighted by Gasteiger charge is -2.28. The van der Waals surface area contributed by atoms with E-state index in [4.69, 9.17) is 0 Å². The van der Waals surface area contributed by atoms with E-state index in [2.05, 4.69) is 53.3 Å². The fraction of sp³-hybridized carbons (Fsp3) is 0.500. The molecule has 1 saturated heterocycles. The number of nitrogens with one attached hydrogen (secondary N) is 1. The van der Waals surface area contributed by atoms with Crippen LogP contribution < -0.4 is 10.2 Å². The normalized spacial score (nSPS) is 14.7. The summed E-state index contributed by atoms with van der Waals surface area (Å²) >= 11 is 3.54. The SMILES string of the molecule is Cc1nc(CC(C)C)sc1C(=O)NCc1ccc(N2CCSCC2)cc1. The molecular weight excluding hydrogens is 362 g/mol. The van der Waals surface area contributed by atoms with Gasteiger partial charge in [0.15, 0.2) is 0 Å². The van der Waals surface area contributed by atoms with Gasteiger partial charge >= 0.3 is 0 Å². The minimum atomic E-state index is -0.0212. The Morgan fingerprint density at radius 3 is 2.58 bits per heavy atom. The lowest BCUT2D eigenvalue weighted by Crippen LogP contribution is -2.32. The number of amides is 1. The smallest absolute Gasteiger partial charge is 0.263 e. The van der Waals surface area contributed by atoms with Gasteiger partial charge < -0.3 is 10.2 Å². The van der Waals surface area contributed by atoms with E-state index in [1.807, 2.05) is 18.7 Å². The van der Waals surface area contributed by atoms with Gasteiger partial charge in [0.05, 0.1) is 10.7 Å². The molecule has 0 aliphatic carbocycles. The molecule has 0 unspecified atom stereocenters. The third-order valence-corrected chi connectivity index (χ3v) is 6.52. The van der Waals surface area contributed by atoms with Gasteiger partial charge in [-0.15, -0.1) is 11.3 Å². The molecule has 1 aromatic heterocycles. The molecule has 0 saturated carbocycles. The molecule has 1 N–H and O–H groups in total. The molecule has 0 spiro atoms. The van der Waals surface area contributed by atoms with Gasteiger partial charge in [0.1, 0.15) is 4.88 Å². The highest BCUT2D eigenvalue weighted by molar-refractivity contribution is 7.99. The van der Waals surface area contributed by atoms with E-state index in [1.54, 1.807) is 0 Å². The maximum absolute atomic E-state index is 12.5. The maximum Gasteiger partial charge on any atom is 0.263 e. The zero-order valence-corrected chi connectivity index (χ0v) is 17.4. The Bertz CT molecular complexity index is 734. The molecule has 0 radical (unpaired) electrons. The number of hydrogen-bond acceptors (Lipinski definition) is 5. The summed E-state index contributed by atoms with van der Waals surface area (Å²) in [5, 5.41) is 4.08. The van der Waals surface area contributed by atoms with Crippen LogP contribution in [0, 0.1) is 12.8 Å². The van der Waals surface area contributed by atoms with Gasteiger partial charge in [-0.05, 0) is 30.5 Å². The summed E-state index contributed by atoms with van der Waals surface area (Å²) < 4.78 is 0. The predicted octanol–water partition coefficient (Wildman–Crippen LogP) is 4.13. The number of thioether (sulfide) groups is 1. The first-order chi connectivity index (χ1) is 12.5. The summed E-state index contributed by atoms with van der Waals surface area (Å²) in [4.78, 5) is 20.2. The highest BCUT2D eigenvalue weighted by atomic mass is 32.2. The summed E-state index contributed by atoms with van der Waals surface area (Å²) in [6.45, 7) is 9.03. The van der Waals surface area contributed by atoms with E-state index in [1.165, 1.54) is 28.5 Å². The first-order valence-electron chi connectivity index (χ1n) is 9.19. The third kappa shape index (κ3) is 5.01. The molecular formula is C20H27N3OS2. The van der Waals surface area contributed by atoms with Crippen LogP contribution in [0.3, 0.4) is 0 Å². The van der Waals surface area contributed by atoms with Crippen LogP contribution in [0.2, 0.25) is 0 Å². The van der Waals surface area contributed by atoms with Crippen LogP contribution in [0.25, 0.3) is 0 Å². The average molecular weight is 390 g/mol. The number of anilines is 1. The highest BCUT2D eigenvalue weighted by Gasteiger charge is 2.16. The van der Waals surface area contributed by atoms with Gasteiger partial charge in [0.2, 0.25) is 0 Å². The van der Waals surface area contributed by atoms with Crippen LogP contribution >= 0.6 is 23.1 Å². The second kappa shape index (κ2) is 8.91. The maximum atomic E-state index is 12.5. The molecule has 1 aromatic carbocycles. The molecule has 140 valence electrons. The van der Waals surface area contributed by atoms with Gasteiger partial charge in [-0.25, -0.2) is 4.98 Å². The van der Waals surface area contributed by atoms with Gasteiger partial charge in [0.25, 0.3) is 5.91 Å². The minimum absolute atomic E-state index is 0.0212. The van der Waals surface area contributed by atoms with Crippen molar-refractivity contribution in [2.24, 2.45) is 5.92 Å². The second-order valence-electron chi connectivity index (χ2n) is 7.07. The monoisotopic (exact) mass is 389 g/mol. The topological polar surface area (TPSA) is 45.2 Å². The molecule has 1 fully saturated rings. The van der Waals surface area contributed by atoms with Crippen molar-refractivity contribution in [1.29, 1.82) is 0 Å². The number of carbonyl (C=O) groups is 1. The first kappa shape index (κ1) is 19.2. The standard InChI is InChI=1S/C20H27N3OS2/c1-14(2)12-18-22-15(3)19(26-18)20(24)21-13-16-4-6-17(7-5-16)23-8-10-25-11-9-23/h4-7,14H,8-13H2,1-3H3,(H,21,24). The average Bonchev–Trinajstić information content (AvgIpc) is 3.00. The highest BCUT2D eigenvalue weighted by Crippen LogP contribution is 2.22. The molecule has 2 heterocycles. The van der Waals surface area contributed by atoms with Crippen LogP contribution in [0.15, 0.2) is 24.3 Å². The van der Waals surface area contributed by atoms with Crippen molar-refractivity contribution >= 4 is 34.7 Å². The number of nitrogens with zero attached hydrogens (tertiary/aromatic N) is 2. The van der Waals surface area contributed by atoms with Gasteiger partial charge in [-0.1, -0.05) is 26.0 Å². The summed E-state index contributed by atoms with van der Waals surface area (Å²) in [7, 11) is 0. The third-order valence-electron chi connectivity index (χ3n) is 4.40. The number of carbonyl (C=O) groups excluding carboxylic acids is 1. The fourth-order valence-electron chi connectivity index (χ4n) is 3.01. The molecule has 0 bridgehead atoms. The molecule has 3 rings (SSSR count). The zero-order valence-electron chi connectivity index (χ0n) is 15.7. The Kier molecular flexibility index (Phi) is 6.59. The molecule has 2 aromatic rings. The lowest BCUT2D eigenvalue weighted by molar-refractivity contribution is 0.0954. The summed E-state index contributed by atoms with van der Waals surface area (Å²) in [5.74, 6) is 2.93. The zero-order chi connectivity index (χ0) is 18.5. The van der Waals surface area contributed by atoms with Gasteiger partial charge in [-0.3, -0.25) is 4.79 Å². The largest absolute Gasteiger partial charge is 0.370 e. The Balaban J connectivity index is 1.56. The van der Waals surface area contributed by atoms with Crippen molar-refractivity contribution in [2.45, 2.75) is 33.7 Å². The van der Waals surface area contributed by atoms with Crippen LogP contribution in [0.1, 0.15) is 39.8 Å². The Morgan fingerprint density at radius 2 is 1.92 bits per heavy atom. The van der Waals surface area contributed by atoms with Crippen molar-refractivity contribution in [3.05, 3.63) is 45.4 Å². The number of benzene rings is 1. The second-order valence-corrected chi connectivity index (χ2v) is 9.38. The molecule has 1 aliphatic rings. The molecule has 0 atom stereocenters. The fourth-order valence-corrected chi connectivity index (χ4v) is 5.10. The number of rotatable bonds is 6. The molecule has 1 aliphatic heterocycles. The number of thiazole rings is 1. The quantitative estimate of drug-likeness (QED) is 0.807. The Morgan fingerprint density at radius 1 is 1.23 bits per heavy atom. The van der Waals surface area contributed by atoms with Crippen molar-refractivity contribution in [2.75, 3.05) is 29.5 Å². The van der Waals surface area contributed by atoms with E-state index in [-0.39, 0.29) is 5.91 Å². The molecule has 4 nitrogen and oxygen atoms in total. The first-order valence-corrected chi connectivity index (χ1v) is 11.2.